The highest BCUT2D eigenvalue weighted by Crippen LogP contribution is 2.41. The number of rotatable bonds is 5. The van der Waals surface area contributed by atoms with Gasteiger partial charge in [0.05, 0.1) is 17.4 Å². The van der Waals surface area contributed by atoms with E-state index in [9.17, 15) is 0 Å². The van der Waals surface area contributed by atoms with Crippen LogP contribution < -0.4 is 5.73 Å². The first-order valence-electron chi connectivity index (χ1n) is 7.64. The van der Waals surface area contributed by atoms with Gasteiger partial charge in [-0.05, 0) is 12.0 Å². The number of hydrogen-bond donors (Lipinski definition) is 1. The quantitative estimate of drug-likeness (QED) is 0.905. The van der Waals surface area contributed by atoms with Crippen molar-refractivity contribution in [2.45, 2.75) is 56.2 Å². The molecule has 2 heterocycles. The topological polar surface area (TPSA) is 38.5 Å². The van der Waals surface area contributed by atoms with Crippen molar-refractivity contribution in [2.24, 2.45) is 5.73 Å². The first-order chi connectivity index (χ1) is 9.79. The van der Waals surface area contributed by atoms with Crippen molar-refractivity contribution < 1.29 is 4.84 Å². The van der Waals surface area contributed by atoms with Gasteiger partial charge in [0.25, 0.3) is 0 Å². The lowest BCUT2D eigenvalue weighted by molar-refractivity contribution is -0.173. The molecule has 0 amide bonds. The Kier molecular flexibility index (Phi) is 4.66. The minimum Gasteiger partial charge on any atom is -0.326 e. The molecule has 0 aromatic heterocycles. The van der Waals surface area contributed by atoms with Crippen molar-refractivity contribution in [1.82, 2.24) is 5.06 Å². The molecule has 0 aliphatic carbocycles. The Labute approximate surface area is 125 Å². The first kappa shape index (κ1) is 14.4. The molecule has 0 unspecified atom stereocenters. The Bertz CT molecular complexity index is 428. The first-order valence-corrected chi connectivity index (χ1v) is 8.69. The standard InChI is InChI=1S/C16H24N2OS/c1-2-3-9-14-16-15(13(17)11-20-16)18(19-14)10-12-7-5-4-6-8-12/h4-8,13-16H,2-3,9-11,17H2,1H3/t13-,14+,15-,16-/m0/s1. The van der Waals surface area contributed by atoms with Crippen LogP contribution in [0.2, 0.25) is 0 Å². The summed E-state index contributed by atoms with van der Waals surface area (Å²) in [5.41, 5.74) is 7.61. The summed E-state index contributed by atoms with van der Waals surface area (Å²) >= 11 is 2.00. The van der Waals surface area contributed by atoms with Crippen LogP contribution in [0.4, 0.5) is 0 Å². The van der Waals surface area contributed by atoms with Crippen molar-refractivity contribution in [1.29, 1.82) is 0 Å². The lowest BCUT2D eigenvalue weighted by atomic mass is 10.0. The third kappa shape index (κ3) is 2.89. The van der Waals surface area contributed by atoms with Crippen LogP contribution in [0.15, 0.2) is 30.3 Å². The number of hydrogen-bond acceptors (Lipinski definition) is 4. The van der Waals surface area contributed by atoms with Crippen LogP contribution in [0, 0.1) is 0 Å². The van der Waals surface area contributed by atoms with E-state index in [1.54, 1.807) is 0 Å². The number of nitrogens with zero attached hydrogens (tertiary/aromatic N) is 1. The second-order valence-electron chi connectivity index (χ2n) is 5.80. The SMILES string of the molecule is CCCC[C@H]1ON(Cc2ccccc2)[C@@H]2[C@H]1SC[C@@H]2N. The van der Waals surface area contributed by atoms with Crippen LogP contribution in [0.25, 0.3) is 0 Å². The highest BCUT2D eigenvalue weighted by molar-refractivity contribution is 8.00. The highest BCUT2D eigenvalue weighted by atomic mass is 32.2. The Morgan fingerprint density at radius 3 is 2.90 bits per heavy atom. The predicted molar refractivity (Wildman–Crippen MR) is 84.4 cm³/mol. The van der Waals surface area contributed by atoms with E-state index in [2.05, 4.69) is 42.3 Å². The summed E-state index contributed by atoms with van der Waals surface area (Å²) in [5.74, 6) is 1.06. The van der Waals surface area contributed by atoms with Gasteiger partial charge in [0.2, 0.25) is 0 Å². The molecule has 20 heavy (non-hydrogen) atoms. The van der Waals surface area contributed by atoms with E-state index in [4.69, 9.17) is 10.6 Å². The highest BCUT2D eigenvalue weighted by Gasteiger charge is 2.49. The van der Waals surface area contributed by atoms with Gasteiger partial charge in [-0.15, -0.1) is 0 Å². The molecule has 0 radical (unpaired) electrons. The molecular weight excluding hydrogens is 268 g/mol. The molecule has 2 N–H and O–H groups in total. The van der Waals surface area contributed by atoms with Crippen molar-refractivity contribution in [3.63, 3.8) is 0 Å². The van der Waals surface area contributed by atoms with Gasteiger partial charge < -0.3 is 5.73 Å². The van der Waals surface area contributed by atoms with Crippen LogP contribution in [0.5, 0.6) is 0 Å². The Morgan fingerprint density at radius 1 is 1.35 bits per heavy atom. The van der Waals surface area contributed by atoms with E-state index >= 15 is 0 Å². The number of nitrogens with two attached hydrogens (primary N) is 1. The Balaban J connectivity index is 1.70. The summed E-state index contributed by atoms with van der Waals surface area (Å²) in [4.78, 5) is 6.24. The minimum atomic E-state index is 0.236. The van der Waals surface area contributed by atoms with Crippen molar-refractivity contribution in [3.05, 3.63) is 35.9 Å². The molecule has 2 saturated heterocycles. The third-order valence-electron chi connectivity index (χ3n) is 4.25. The zero-order chi connectivity index (χ0) is 13.9. The van der Waals surface area contributed by atoms with Gasteiger partial charge in [0.1, 0.15) is 0 Å². The molecule has 4 heteroatoms. The monoisotopic (exact) mass is 292 g/mol. The molecule has 3 nitrogen and oxygen atoms in total. The van der Waals surface area contributed by atoms with Crippen molar-refractivity contribution >= 4 is 11.8 Å². The van der Waals surface area contributed by atoms with Gasteiger partial charge >= 0.3 is 0 Å². The minimum absolute atomic E-state index is 0.236. The molecule has 2 aliphatic heterocycles. The molecule has 0 spiro atoms. The molecule has 2 fully saturated rings. The molecule has 2 aliphatic rings. The molecular formula is C16H24N2OS. The maximum Gasteiger partial charge on any atom is 0.0928 e. The van der Waals surface area contributed by atoms with Crippen LogP contribution in [0.3, 0.4) is 0 Å². The maximum absolute atomic E-state index is 6.31. The summed E-state index contributed by atoms with van der Waals surface area (Å²) in [6.45, 7) is 3.08. The summed E-state index contributed by atoms with van der Waals surface area (Å²) in [7, 11) is 0. The van der Waals surface area contributed by atoms with E-state index in [0.29, 0.717) is 17.4 Å². The third-order valence-corrected chi connectivity index (χ3v) is 5.79. The smallest absolute Gasteiger partial charge is 0.0928 e. The normalized spacial score (nSPS) is 33.5. The lowest BCUT2D eigenvalue weighted by Gasteiger charge is -2.24. The molecule has 0 bridgehead atoms. The Hall–Kier alpha value is -0.550. The van der Waals surface area contributed by atoms with Crippen LogP contribution in [-0.2, 0) is 11.4 Å². The second kappa shape index (κ2) is 6.48. The van der Waals surface area contributed by atoms with E-state index in [1.165, 1.54) is 18.4 Å². The van der Waals surface area contributed by atoms with Gasteiger partial charge in [-0.3, -0.25) is 4.84 Å². The fourth-order valence-electron chi connectivity index (χ4n) is 3.20. The molecule has 110 valence electrons. The number of unbranched alkanes of at least 4 members (excludes halogenated alkanes) is 1. The summed E-state index contributed by atoms with van der Waals surface area (Å²) in [5, 5.41) is 2.71. The summed E-state index contributed by atoms with van der Waals surface area (Å²) in [6.07, 6.45) is 3.97. The fourth-order valence-corrected chi connectivity index (χ4v) is 4.78. The summed E-state index contributed by atoms with van der Waals surface area (Å²) < 4.78 is 0. The lowest BCUT2D eigenvalue weighted by Crippen LogP contribution is -2.44. The average Bonchev–Trinajstić information content (AvgIpc) is 3.00. The number of hydroxylamine groups is 2. The van der Waals surface area contributed by atoms with Gasteiger partial charge in [-0.2, -0.15) is 16.8 Å². The largest absolute Gasteiger partial charge is 0.326 e. The van der Waals surface area contributed by atoms with Gasteiger partial charge in [-0.25, -0.2) is 0 Å². The predicted octanol–water partition coefficient (Wildman–Crippen LogP) is 2.80. The molecule has 4 atom stereocenters. The number of thioether (sulfide) groups is 1. The number of benzene rings is 1. The van der Waals surface area contributed by atoms with Crippen LogP contribution in [-0.4, -0.2) is 34.3 Å². The molecule has 1 aromatic carbocycles. The second-order valence-corrected chi connectivity index (χ2v) is 7.01. The Morgan fingerprint density at radius 2 is 2.15 bits per heavy atom. The summed E-state index contributed by atoms with van der Waals surface area (Å²) in [6, 6.07) is 11.2. The van der Waals surface area contributed by atoms with E-state index < -0.39 is 0 Å². The fraction of sp³-hybridized carbons (Fsp3) is 0.625. The van der Waals surface area contributed by atoms with Crippen molar-refractivity contribution in [3.8, 4) is 0 Å². The zero-order valence-electron chi connectivity index (χ0n) is 12.1. The molecule has 0 saturated carbocycles. The maximum atomic E-state index is 6.31. The van der Waals surface area contributed by atoms with Crippen LogP contribution >= 0.6 is 11.8 Å². The van der Waals surface area contributed by atoms with Gasteiger partial charge in [-0.1, -0.05) is 50.1 Å². The molecule has 3 rings (SSSR count). The van der Waals surface area contributed by atoms with Crippen molar-refractivity contribution in [2.75, 3.05) is 5.75 Å². The van der Waals surface area contributed by atoms with Gasteiger partial charge in [0, 0.05) is 18.3 Å². The zero-order valence-corrected chi connectivity index (χ0v) is 12.9. The molecule has 1 aromatic rings. The average molecular weight is 292 g/mol. The van der Waals surface area contributed by atoms with E-state index in [-0.39, 0.29) is 6.04 Å². The van der Waals surface area contributed by atoms with E-state index in [1.807, 2.05) is 11.8 Å². The number of fused-ring (bicyclic) bond motifs is 1. The van der Waals surface area contributed by atoms with Crippen LogP contribution in [0.1, 0.15) is 31.7 Å². The van der Waals surface area contributed by atoms with Gasteiger partial charge in [0.15, 0.2) is 0 Å². The van der Waals surface area contributed by atoms with E-state index in [0.717, 1.165) is 18.7 Å².